The molecule has 0 aromatic carbocycles. The van der Waals surface area contributed by atoms with E-state index >= 15 is 0 Å². The highest BCUT2D eigenvalue weighted by Gasteiger charge is 2.44. The molecule has 0 aromatic heterocycles. The Morgan fingerprint density at radius 3 is 1.09 bits per heavy atom. The molecule has 0 saturated carbocycles. The quantitative estimate of drug-likeness (QED) is 0.0172. The summed E-state index contributed by atoms with van der Waals surface area (Å²) in [4.78, 5) is 75.4. The minimum atomic E-state index is -4.43. The number of amides is 1. The molecule has 3 rings (SSSR count). The van der Waals surface area contributed by atoms with Crippen LogP contribution in [0.15, 0.2) is 0 Å². The summed E-state index contributed by atoms with van der Waals surface area (Å²) in [5, 5.41) is 92.4. The van der Waals surface area contributed by atoms with Crippen molar-refractivity contribution in [3.63, 3.8) is 0 Å². The summed E-state index contributed by atoms with van der Waals surface area (Å²) < 4.78 is 56.6. The molecule has 25 nitrogen and oxygen atoms in total. The molecule has 3 aliphatic heterocycles. The van der Waals surface area contributed by atoms with E-state index in [4.69, 9.17) is 28.4 Å². The first-order valence-electron chi connectivity index (χ1n) is 32.3. The number of thioether (sulfide) groups is 3. The van der Waals surface area contributed by atoms with Crippen LogP contribution in [0.4, 0.5) is 0 Å². The molecule has 3 fully saturated rings. The van der Waals surface area contributed by atoms with Gasteiger partial charge in [0.25, 0.3) is 0 Å². The summed E-state index contributed by atoms with van der Waals surface area (Å²) in [5.41, 5.74) is -2.28. The third kappa shape index (κ3) is 32.2. The Bertz CT molecular complexity index is 1880. The number of ketones is 4. The lowest BCUT2D eigenvalue weighted by Gasteiger charge is -2.40. The number of phosphoric ester groups is 1. The molecule has 16 atom stereocenters. The first-order valence-corrected chi connectivity index (χ1v) is 37.0. The highest BCUT2D eigenvalue weighted by molar-refractivity contribution is 8.00. The molecule has 0 aliphatic carbocycles. The summed E-state index contributed by atoms with van der Waals surface area (Å²) in [6.07, 6.45) is 4.10. The summed E-state index contributed by atoms with van der Waals surface area (Å²) >= 11 is 4.64. The van der Waals surface area contributed by atoms with Crippen LogP contribution in [0.5, 0.6) is 0 Å². The number of ether oxygens (including phenoxy) is 6. The molecule has 3 aliphatic rings. The minimum absolute atomic E-state index is 0.00632. The van der Waals surface area contributed by atoms with Gasteiger partial charge in [-0.1, -0.05) is 78.6 Å². The Kier molecular flexibility index (Phi) is 43.1. The first kappa shape index (κ1) is 82.9. The molecule has 90 heavy (non-hydrogen) atoms. The Hall–Kier alpha value is -1.29. The van der Waals surface area contributed by atoms with Gasteiger partial charge in [-0.05, 0) is 55.8 Å². The van der Waals surface area contributed by atoms with Crippen molar-refractivity contribution < 1.29 is 117 Å². The van der Waals surface area contributed by atoms with E-state index in [-0.39, 0.29) is 137 Å². The maximum absolute atomic E-state index is 13.7. The zero-order chi connectivity index (χ0) is 66.5. The molecule has 526 valence electrons. The molecule has 0 spiro atoms. The second-order valence-electron chi connectivity index (χ2n) is 24.3. The number of aliphatic hydroxyl groups excluding tert-OH is 9. The lowest BCUT2D eigenvalue weighted by molar-refractivity contribution is -0.181. The van der Waals surface area contributed by atoms with Crippen LogP contribution in [-0.2, 0) is 66.0 Å². The third-order valence-electron chi connectivity index (χ3n) is 16.7. The molecule has 7 unspecified atom stereocenters. The van der Waals surface area contributed by atoms with Crippen LogP contribution in [0.3, 0.4) is 0 Å². The van der Waals surface area contributed by atoms with E-state index in [2.05, 4.69) is 14.4 Å². The molecular formula is C61H110NO24PS3. The highest BCUT2D eigenvalue weighted by atomic mass is 32.2. The standard InChI is InChI=1S/C61H110NO24PS3/c1-41-52(71)55(74)48(34-63)84-58(41)88-29-17-11-5-8-14-20-44(66)23-26-80-37-61(33-47(69)32-51(70)62-40-83-87(77,78)79-4,38-81-27-24-45(67)21-15-9-6-12-18-30-89-59-42(2)53(72)56(75)49(35-64)85-59)39-82-28-25-46(68)22-16-10-7-13-19-31-90-60-43(3)54(73)57(76)50(36-65)86-60/h41-43,48-50,52-60,63-65,71-76H,5-40H2,1-4H3,(H,62,70)(H,77,78)/t41?,42?,43?,48?,49?,50?,52-,53-,54-,55+,56+,57+,58+,59+,60+,61?/m1/s1. The number of rotatable bonds is 53. The van der Waals surface area contributed by atoms with Crippen molar-refractivity contribution in [2.24, 2.45) is 23.2 Å². The van der Waals surface area contributed by atoms with Gasteiger partial charge in [0, 0.05) is 75.2 Å². The molecular weight excluding hydrogens is 1260 g/mol. The third-order valence-corrected chi connectivity index (χ3v) is 21.8. The van der Waals surface area contributed by atoms with Gasteiger partial charge in [0.2, 0.25) is 5.91 Å². The maximum atomic E-state index is 13.7. The Labute approximate surface area is 545 Å². The van der Waals surface area contributed by atoms with Gasteiger partial charge in [0.05, 0.1) is 84.2 Å². The van der Waals surface area contributed by atoms with Crippen molar-refractivity contribution in [2.75, 3.05) is 90.6 Å². The van der Waals surface area contributed by atoms with Crippen LogP contribution in [0.25, 0.3) is 0 Å². The van der Waals surface area contributed by atoms with Crippen molar-refractivity contribution in [2.45, 2.75) is 240 Å². The Morgan fingerprint density at radius 1 is 0.467 bits per heavy atom. The molecule has 11 N–H and O–H groups in total. The normalized spacial score (nSPS) is 28.5. The van der Waals surface area contributed by atoms with Crippen LogP contribution >= 0.6 is 43.1 Å². The minimum Gasteiger partial charge on any atom is -0.394 e. The Balaban J connectivity index is 1.53. The van der Waals surface area contributed by atoms with Crippen LogP contribution in [-0.4, -0.2) is 242 Å². The van der Waals surface area contributed by atoms with Crippen LogP contribution in [0.1, 0.15) is 168 Å². The fraction of sp³-hybridized carbons (Fsp3) is 0.918. The van der Waals surface area contributed by atoms with Gasteiger partial charge in [-0.15, -0.1) is 35.3 Å². The van der Waals surface area contributed by atoms with Crippen molar-refractivity contribution in [3.05, 3.63) is 0 Å². The van der Waals surface area contributed by atoms with E-state index in [0.29, 0.717) is 38.5 Å². The first-order chi connectivity index (χ1) is 43.0. The summed E-state index contributed by atoms with van der Waals surface area (Å²) in [7, 11) is -3.47. The molecule has 3 heterocycles. The maximum Gasteiger partial charge on any atom is 0.473 e. The molecule has 1 amide bonds. The smallest absolute Gasteiger partial charge is 0.394 e. The van der Waals surface area contributed by atoms with Gasteiger partial charge in [0.15, 0.2) is 0 Å². The van der Waals surface area contributed by atoms with Crippen LogP contribution < -0.4 is 5.32 Å². The molecule has 0 aromatic rings. The fourth-order valence-electron chi connectivity index (χ4n) is 10.7. The molecule has 0 radical (unpaired) electrons. The number of Topliss-reactive ketones (excluding diaryl/α,β-unsaturated/α-hetero) is 4. The average Bonchev–Trinajstić information content (AvgIpc) is 2.69. The van der Waals surface area contributed by atoms with Gasteiger partial charge < -0.3 is 84.6 Å². The number of carbonyl (C=O) groups is 5. The predicted octanol–water partition coefficient (Wildman–Crippen LogP) is 4.53. The molecule has 0 bridgehead atoms. The van der Waals surface area contributed by atoms with Crippen LogP contribution in [0.2, 0.25) is 0 Å². The van der Waals surface area contributed by atoms with Gasteiger partial charge in [-0.2, -0.15) is 0 Å². The van der Waals surface area contributed by atoms with Gasteiger partial charge in [-0.3, -0.25) is 33.0 Å². The number of unbranched alkanes of at least 4 members (excludes halogenated alkanes) is 12. The van der Waals surface area contributed by atoms with Crippen molar-refractivity contribution >= 4 is 72.1 Å². The SMILES string of the molecule is COP(=O)(O)OCNC(=O)CC(=O)CC(COCCC(=O)CCCCCCCS[C@@H]1OC(CO)[C@H](O)[C@H](O)C1C)(COCCC(=O)CCCCCCCS[C@@H]1OC(CO)[C@H](O)[C@H](O)C1C)COCCC(=O)CCCCCCCS[C@@H]1OC(CO)[C@H](O)[C@H](O)C1C. The number of hydrogen-bond acceptors (Lipinski definition) is 26. The number of phosphoric acid groups is 1. The van der Waals surface area contributed by atoms with E-state index in [1.54, 1.807) is 35.3 Å². The van der Waals surface area contributed by atoms with Crippen molar-refractivity contribution in [3.8, 4) is 0 Å². The largest absolute Gasteiger partial charge is 0.473 e. The van der Waals surface area contributed by atoms with E-state index in [1.807, 2.05) is 20.8 Å². The zero-order valence-corrected chi connectivity index (χ0v) is 56.8. The average molecular weight is 1370 g/mol. The number of carbonyl (C=O) groups excluding carboxylic acids is 5. The van der Waals surface area contributed by atoms with Gasteiger partial charge in [0.1, 0.15) is 82.8 Å². The predicted molar refractivity (Wildman–Crippen MR) is 340 cm³/mol. The molecule has 3 saturated heterocycles. The second kappa shape index (κ2) is 46.8. The van der Waals surface area contributed by atoms with Gasteiger partial charge in [-0.25, -0.2) is 4.57 Å². The summed E-state index contributed by atoms with van der Waals surface area (Å²) in [6, 6.07) is 0. The van der Waals surface area contributed by atoms with Crippen LogP contribution in [0, 0.1) is 23.2 Å². The van der Waals surface area contributed by atoms with E-state index in [0.717, 1.165) is 101 Å². The lowest BCUT2D eigenvalue weighted by atomic mass is 9.84. The number of aliphatic hydroxyl groups is 9. The fourth-order valence-corrected chi connectivity index (χ4v) is 14.9. The summed E-state index contributed by atoms with van der Waals surface area (Å²) in [6.45, 7) is 3.13. The van der Waals surface area contributed by atoms with Crippen molar-refractivity contribution in [1.82, 2.24) is 5.32 Å². The Morgan fingerprint density at radius 2 is 0.778 bits per heavy atom. The second-order valence-corrected chi connectivity index (χ2v) is 29.5. The number of nitrogens with one attached hydrogen (secondary N) is 1. The van der Waals surface area contributed by atoms with E-state index in [1.165, 1.54) is 0 Å². The molecule has 29 heteroatoms. The number of hydrogen-bond donors (Lipinski definition) is 11. The van der Waals surface area contributed by atoms with Crippen molar-refractivity contribution in [1.29, 1.82) is 0 Å². The summed E-state index contributed by atoms with van der Waals surface area (Å²) in [5.74, 6) is -0.00653. The lowest BCUT2D eigenvalue weighted by Crippen LogP contribution is -2.53. The van der Waals surface area contributed by atoms with E-state index in [9.17, 15) is 79.4 Å². The highest BCUT2D eigenvalue weighted by Crippen LogP contribution is 2.41. The topological polar surface area (TPSA) is 391 Å². The van der Waals surface area contributed by atoms with Gasteiger partial charge >= 0.3 is 7.82 Å². The zero-order valence-electron chi connectivity index (χ0n) is 53.5. The monoisotopic (exact) mass is 1370 g/mol. The van der Waals surface area contributed by atoms with E-state index < -0.39 is 93.0 Å².